The second-order valence-electron chi connectivity index (χ2n) is 10.1. The topological polar surface area (TPSA) is 79.5 Å². The molecule has 0 spiro atoms. The summed E-state index contributed by atoms with van der Waals surface area (Å²) < 4.78 is 59.3. The van der Waals surface area contributed by atoms with Crippen molar-refractivity contribution < 1.29 is 21.6 Å². The van der Waals surface area contributed by atoms with Crippen LogP contribution in [0.5, 0.6) is 0 Å². The Kier molecular flexibility index (Phi) is 8.86. The van der Waals surface area contributed by atoms with Crippen molar-refractivity contribution >= 4 is 15.7 Å². The van der Waals surface area contributed by atoms with E-state index in [9.17, 15) is 17.2 Å². The Labute approximate surface area is 233 Å². The zero-order chi connectivity index (χ0) is 28.0. The highest BCUT2D eigenvalue weighted by Crippen LogP contribution is 2.26. The number of anilines is 1. The molecule has 40 heavy (non-hydrogen) atoms. The lowest BCUT2D eigenvalue weighted by Crippen LogP contribution is -2.41. The molecule has 7 nitrogen and oxygen atoms in total. The van der Waals surface area contributed by atoms with Gasteiger partial charge < -0.3 is 9.32 Å². The maximum absolute atomic E-state index is 13.6. The molecule has 1 aliphatic heterocycles. The largest absolute Gasteiger partial charge is 0.415 e. The molecule has 0 N–H and O–H groups in total. The van der Waals surface area contributed by atoms with Gasteiger partial charge in [0.15, 0.2) is 0 Å². The van der Waals surface area contributed by atoms with Crippen molar-refractivity contribution in [3.8, 4) is 11.5 Å². The van der Waals surface area contributed by atoms with Crippen LogP contribution in [0.15, 0.2) is 89.3 Å². The minimum absolute atomic E-state index is 0.0121. The summed E-state index contributed by atoms with van der Waals surface area (Å²) in [6.07, 6.45) is 0.337. The fraction of sp³-hybridized carbons (Fsp3) is 0.333. The Balaban J connectivity index is 1.22. The maximum atomic E-state index is 13.6. The second-order valence-corrected chi connectivity index (χ2v) is 12.1. The average Bonchev–Trinajstić information content (AvgIpc) is 3.48. The molecule has 2 heterocycles. The van der Waals surface area contributed by atoms with Crippen LogP contribution in [-0.2, 0) is 23.0 Å². The van der Waals surface area contributed by atoms with Crippen LogP contribution < -0.4 is 4.31 Å². The van der Waals surface area contributed by atoms with E-state index in [2.05, 4.69) is 39.4 Å². The summed E-state index contributed by atoms with van der Waals surface area (Å²) in [5.74, 6) is -0.113. The molecule has 1 fully saturated rings. The standard InChI is InChI=1S/C30H32F2N4O3S/c31-28(32)30-34-33-29(39-30)26-13-11-25(12-14-26)22-36(27-9-5-2-6-10-27)40(37,38)20-19-35-17-15-24(16-18-35)21-23-7-3-1-4-8-23/h1-14,24,28H,15-22H2. The Bertz CT molecular complexity index is 1460. The molecule has 0 radical (unpaired) electrons. The maximum Gasteiger partial charge on any atom is 0.314 e. The Morgan fingerprint density at radius 3 is 2.15 bits per heavy atom. The van der Waals surface area contributed by atoms with Crippen LogP contribution in [-0.4, -0.2) is 48.9 Å². The molecule has 0 aliphatic carbocycles. The average molecular weight is 567 g/mol. The molecule has 210 valence electrons. The number of benzene rings is 3. The van der Waals surface area contributed by atoms with Gasteiger partial charge in [-0.3, -0.25) is 4.31 Å². The third-order valence-electron chi connectivity index (χ3n) is 7.27. The molecule has 1 aromatic heterocycles. The third kappa shape index (κ3) is 7.11. The van der Waals surface area contributed by atoms with Gasteiger partial charge in [0.2, 0.25) is 15.9 Å². The van der Waals surface area contributed by atoms with E-state index in [0.29, 0.717) is 23.7 Å². The van der Waals surface area contributed by atoms with Crippen molar-refractivity contribution in [2.45, 2.75) is 32.2 Å². The Morgan fingerprint density at radius 1 is 0.875 bits per heavy atom. The van der Waals surface area contributed by atoms with Crippen molar-refractivity contribution in [3.63, 3.8) is 0 Å². The third-order valence-corrected chi connectivity index (χ3v) is 8.98. The zero-order valence-electron chi connectivity index (χ0n) is 22.1. The number of nitrogens with zero attached hydrogens (tertiary/aromatic N) is 4. The number of piperidine rings is 1. The van der Waals surface area contributed by atoms with Crippen LogP contribution in [0.4, 0.5) is 14.5 Å². The monoisotopic (exact) mass is 566 g/mol. The van der Waals surface area contributed by atoms with Gasteiger partial charge in [0.1, 0.15) is 0 Å². The highest BCUT2D eigenvalue weighted by Gasteiger charge is 2.26. The first-order valence-electron chi connectivity index (χ1n) is 13.4. The lowest BCUT2D eigenvalue weighted by atomic mass is 9.90. The van der Waals surface area contributed by atoms with Crippen molar-refractivity contribution in [1.29, 1.82) is 0 Å². The van der Waals surface area contributed by atoms with Gasteiger partial charge in [0.25, 0.3) is 5.89 Å². The van der Waals surface area contributed by atoms with Gasteiger partial charge in [-0.2, -0.15) is 8.78 Å². The summed E-state index contributed by atoms with van der Waals surface area (Å²) in [7, 11) is -3.64. The van der Waals surface area contributed by atoms with E-state index in [1.54, 1.807) is 36.4 Å². The number of alkyl halides is 2. The Hall–Kier alpha value is -3.63. The summed E-state index contributed by atoms with van der Waals surface area (Å²) in [6.45, 7) is 2.40. The van der Waals surface area contributed by atoms with Gasteiger partial charge in [0.05, 0.1) is 18.0 Å². The van der Waals surface area contributed by atoms with Crippen molar-refractivity contribution in [2.24, 2.45) is 5.92 Å². The minimum atomic E-state index is -3.64. The molecule has 5 rings (SSSR count). The summed E-state index contributed by atoms with van der Waals surface area (Å²) in [6, 6.07) is 26.3. The van der Waals surface area contributed by atoms with Gasteiger partial charge in [0, 0.05) is 12.1 Å². The van der Waals surface area contributed by atoms with E-state index in [-0.39, 0.29) is 18.2 Å². The molecule has 0 saturated carbocycles. The number of aromatic nitrogens is 2. The van der Waals surface area contributed by atoms with Crippen LogP contribution in [0.25, 0.3) is 11.5 Å². The number of likely N-dealkylation sites (tertiary alicyclic amines) is 1. The number of para-hydroxylation sites is 1. The van der Waals surface area contributed by atoms with E-state index < -0.39 is 22.3 Å². The van der Waals surface area contributed by atoms with Crippen LogP contribution >= 0.6 is 0 Å². The number of halogens is 2. The minimum Gasteiger partial charge on any atom is -0.415 e. The molecular formula is C30H32F2N4O3S. The van der Waals surface area contributed by atoms with E-state index in [1.165, 1.54) is 9.87 Å². The Morgan fingerprint density at radius 2 is 1.52 bits per heavy atom. The first-order valence-corrected chi connectivity index (χ1v) is 15.0. The predicted molar refractivity (Wildman–Crippen MR) is 150 cm³/mol. The molecule has 10 heteroatoms. The van der Waals surface area contributed by atoms with Crippen LogP contribution in [0.1, 0.15) is 36.3 Å². The highest BCUT2D eigenvalue weighted by atomic mass is 32.2. The normalized spacial score (nSPS) is 15.0. The van der Waals surface area contributed by atoms with Gasteiger partial charge >= 0.3 is 6.43 Å². The van der Waals surface area contributed by atoms with Crippen LogP contribution in [0.3, 0.4) is 0 Å². The first-order chi connectivity index (χ1) is 19.4. The zero-order valence-corrected chi connectivity index (χ0v) is 22.9. The smallest absolute Gasteiger partial charge is 0.314 e. The summed E-state index contributed by atoms with van der Waals surface area (Å²) in [4.78, 5) is 2.25. The molecule has 3 aromatic carbocycles. The van der Waals surface area contributed by atoms with Crippen LogP contribution in [0.2, 0.25) is 0 Å². The summed E-state index contributed by atoms with van der Waals surface area (Å²) in [5.41, 5.74) is 3.16. The molecular weight excluding hydrogens is 534 g/mol. The van der Waals surface area contributed by atoms with Crippen LogP contribution in [0, 0.1) is 5.92 Å². The number of hydrogen-bond donors (Lipinski definition) is 0. The quantitative estimate of drug-likeness (QED) is 0.223. The van der Waals surface area contributed by atoms with E-state index >= 15 is 0 Å². The lowest BCUT2D eigenvalue weighted by Gasteiger charge is -2.33. The van der Waals surface area contributed by atoms with Gasteiger partial charge in [-0.15, -0.1) is 10.2 Å². The molecule has 1 aliphatic rings. The fourth-order valence-corrected chi connectivity index (χ4v) is 6.52. The number of sulfonamides is 1. The summed E-state index contributed by atoms with van der Waals surface area (Å²) in [5, 5.41) is 7.03. The molecule has 0 atom stereocenters. The number of rotatable bonds is 11. The summed E-state index contributed by atoms with van der Waals surface area (Å²) >= 11 is 0. The van der Waals surface area contributed by atoms with E-state index in [0.717, 1.165) is 37.9 Å². The molecule has 4 aromatic rings. The van der Waals surface area contributed by atoms with E-state index in [1.807, 2.05) is 24.3 Å². The lowest BCUT2D eigenvalue weighted by molar-refractivity contribution is 0.116. The second kappa shape index (κ2) is 12.7. The molecule has 1 saturated heterocycles. The molecule has 0 amide bonds. The fourth-order valence-electron chi connectivity index (χ4n) is 5.02. The number of hydrogen-bond acceptors (Lipinski definition) is 6. The van der Waals surface area contributed by atoms with Gasteiger partial charge in [-0.1, -0.05) is 60.7 Å². The first kappa shape index (κ1) is 27.9. The predicted octanol–water partition coefficient (Wildman–Crippen LogP) is 5.97. The van der Waals surface area contributed by atoms with E-state index in [4.69, 9.17) is 4.42 Å². The van der Waals surface area contributed by atoms with Gasteiger partial charge in [-0.05, 0) is 73.7 Å². The van der Waals surface area contributed by atoms with Crippen molar-refractivity contribution in [3.05, 3.63) is 102 Å². The van der Waals surface area contributed by atoms with Crippen molar-refractivity contribution in [2.75, 3.05) is 29.7 Å². The molecule has 0 unspecified atom stereocenters. The SMILES string of the molecule is O=S(=O)(CCN1CCC(Cc2ccccc2)CC1)N(Cc1ccc(-c2nnc(C(F)F)o2)cc1)c1ccccc1. The highest BCUT2D eigenvalue weighted by molar-refractivity contribution is 7.92. The molecule has 0 bridgehead atoms. The van der Waals surface area contributed by atoms with Crippen molar-refractivity contribution in [1.82, 2.24) is 15.1 Å². The van der Waals surface area contributed by atoms with Gasteiger partial charge in [-0.25, -0.2) is 8.42 Å².